The highest BCUT2D eigenvalue weighted by Crippen LogP contribution is 2.53. The zero-order chi connectivity index (χ0) is 22.7. The molecule has 0 N–H and O–H groups in total. The van der Waals surface area contributed by atoms with Gasteiger partial charge in [-0.05, 0) is 53.6 Å². The number of amides is 2. The van der Waals surface area contributed by atoms with Gasteiger partial charge in [-0.2, -0.15) is 0 Å². The topological polar surface area (TPSA) is 80.1 Å². The second-order valence-electron chi connectivity index (χ2n) is 8.38. The first-order valence-electron chi connectivity index (χ1n) is 10.7. The molecule has 4 atom stereocenters. The summed E-state index contributed by atoms with van der Waals surface area (Å²) in [6.07, 6.45) is 5.18. The molecule has 3 aromatic rings. The number of furan rings is 1. The number of ether oxygens (including phenoxy) is 1. The van der Waals surface area contributed by atoms with E-state index in [4.69, 9.17) is 9.15 Å². The zero-order valence-electron chi connectivity index (χ0n) is 17.8. The third-order valence-electron chi connectivity index (χ3n) is 6.82. The molecule has 2 amide bonds. The maximum Gasteiger partial charge on any atom is 0.240 e. The second-order valence-corrected chi connectivity index (χ2v) is 8.38. The molecule has 0 bridgehead atoms. The number of nitrogens with zero attached hydrogens (tertiary/aromatic N) is 2. The molecule has 0 saturated carbocycles. The molecule has 0 unspecified atom stereocenters. The van der Waals surface area contributed by atoms with Crippen molar-refractivity contribution in [1.82, 2.24) is 4.90 Å². The number of hydrogen-bond donors (Lipinski definition) is 0. The Balaban J connectivity index is 1.48. The number of Topliss-reactive ketones (excluding diaryl/α,β-unsaturated/α-hetero) is 1. The van der Waals surface area contributed by atoms with Crippen molar-refractivity contribution in [2.75, 3.05) is 12.0 Å². The van der Waals surface area contributed by atoms with Crippen LogP contribution in [0.1, 0.15) is 27.7 Å². The van der Waals surface area contributed by atoms with Gasteiger partial charge < -0.3 is 14.1 Å². The molecule has 4 heterocycles. The summed E-state index contributed by atoms with van der Waals surface area (Å²) in [6.45, 7) is 0. The van der Waals surface area contributed by atoms with Crippen LogP contribution >= 0.6 is 0 Å². The Morgan fingerprint density at radius 2 is 1.70 bits per heavy atom. The van der Waals surface area contributed by atoms with Gasteiger partial charge in [0, 0.05) is 6.20 Å². The fourth-order valence-electron chi connectivity index (χ4n) is 5.41. The van der Waals surface area contributed by atoms with E-state index >= 15 is 0 Å². The van der Waals surface area contributed by atoms with Crippen LogP contribution in [0.5, 0.6) is 5.75 Å². The summed E-state index contributed by atoms with van der Waals surface area (Å²) in [5, 5.41) is 0. The van der Waals surface area contributed by atoms with Crippen molar-refractivity contribution in [3.8, 4) is 5.75 Å². The first kappa shape index (κ1) is 19.5. The summed E-state index contributed by atoms with van der Waals surface area (Å²) in [5.74, 6) is -1.69. The summed E-state index contributed by atoms with van der Waals surface area (Å²) in [4.78, 5) is 44.1. The molecule has 1 aromatic heterocycles. The largest absolute Gasteiger partial charge is 0.497 e. The molecule has 7 nitrogen and oxygen atoms in total. The SMILES string of the molecule is COc1ccc(N2C(=O)[C@@H]3[C@H](C2=O)[C@H]2c4ccccc4C=CN2[C@@H]3C(=O)c2ccco2)cc1. The molecule has 0 spiro atoms. The Labute approximate surface area is 189 Å². The van der Waals surface area contributed by atoms with Crippen molar-refractivity contribution in [2.45, 2.75) is 12.1 Å². The van der Waals surface area contributed by atoms with Crippen molar-refractivity contribution in [3.63, 3.8) is 0 Å². The Kier molecular flexibility index (Phi) is 4.26. The van der Waals surface area contributed by atoms with E-state index in [0.717, 1.165) is 11.1 Å². The van der Waals surface area contributed by atoms with Crippen molar-refractivity contribution in [1.29, 1.82) is 0 Å². The summed E-state index contributed by atoms with van der Waals surface area (Å²) in [6, 6.07) is 16.5. The molecule has 2 fully saturated rings. The highest BCUT2D eigenvalue weighted by Gasteiger charge is 2.64. The van der Waals surface area contributed by atoms with Crippen molar-refractivity contribution in [2.24, 2.45) is 11.8 Å². The number of methoxy groups -OCH3 is 1. The van der Waals surface area contributed by atoms with E-state index in [9.17, 15) is 14.4 Å². The number of rotatable bonds is 4. The minimum absolute atomic E-state index is 0.176. The fraction of sp³-hybridized carbons (Fsp3) is 0.192. The summed E-state index contributed by atoms with van der Waals surface area (Å²) in [7, 11) is 1.55. The quantitative estimate of drug-likeness (QED) is 0.455. The van der Waals surface area contributed by atoms with Crippen LogP contribution in [0.4, 0.5) is 5.69 Å². The maximum atomic E-state index is 13.8. The van der Waals surface area contributed by atoms with Gasteiger partial charge in [-0.25, -0.2) is 4.90 Å². The number of ketones is 1. The van der Waals surface area contributed by atoms with Crippen molar-refractivity contribution >= 4 is 29.4 Å². The Morgan fingerprint density at radius 1 is 0.939 bits per heavy atom. The molecule has 3 aliphatic rings. The predicted octanol–water partition coefficient (Wildman–Crippen LogP) is 3.69. The van der Waals surface area contributed by atoms with Gasteiger partial charge in [0.25, 0.3) is 0 Å². The normalized spacial score (nSPS) is 25.1. The Hall–Kier alpha value is -4.13. The predicted molar refractivity (Wildman–Crippen MR) is 119 cm³/mol. The molecule has 164 valence electrons. The molecule has 7 heteroatoms. The second kappa shape index (κ2) is 7.20. The van der Waals surface area contributed by atoms with E-state index in [2.05, 4.69) is 0 Å². The molecule has 6 rings (SSSR count). The van der Waals surface area contributed by atoms with Crippen molar-refractivity contribution < 1.29 is 23.5 Å². The van der Waals surface area contributed by atoms with E-state index in [-0.39, 0.29) is 23.4 Å². The third-order valence-corrected chi connectivity index (χ3v) is 6.82. The number of benzene rings is 2. The summed E-state index contributed by atoms with van der Waals surface area (Å²) in [5.41, 5.74) is 2.38. The third kappa shape index (κ3) is 2.72. The lowest BCUT2D eigenvalue weighted by Crippen LogP contribution is -2.44. The van der Waals surface area contributed by atoms with Crippen LogP contribution in [-0.4, -0.2) is 35.6 Å². The molecule has 2 saturated heterocycles. The van der Waals surface area contributed by atoms with Gasteiger partial charge in [0.2, 0.25) is 17.6 Å². The van der Waals surface area contributed by atoms with Crippen LogP contribution < -0.4 is 9.64 Å². The standard InChI is InChI=1S/C26H20N2O5/c1-32-17-10-8-16(9-11-17)28-25(30)20-21(26(28)31)23(24(29)19-7-4-14-33-19)27-13-12-15-5-2-3-6-18(15)22(20)27/h2-14,20-23H,1H3/t20-,21+,22+,23-/m0/s1. The average molecular weight is 440 g/mol. The number of carbonyl (C=O) groups excluding carboxylic acids is 3. The van der Waals surface area contributed by atoms with Crippen LogP contribution in [0.2, 0.25) is 0 Å². The number of hydrogen-bond acceptors (Lipinski definition) is 6. The number of fused-ring (bicyclic) bond motifs is 5. The smallest absolute Gasteiger partial charge is 0.240 e. The van der Waals surface area contributed by atoms with Gasteiger partial charge in [-0.3, -0.25) is 14.4 Å². The van der Waals surface area contributed by atoms with Gasteiger partial charge in [0.05, 0.1) is 36.9 Å². The van der Waals surface area contributed by atoms with Gasteiger partial charge in [-0.1, -0.05) is 24.3 Å². The molecular weight excluding hydrogens is 420 g/mol. The fourth-order valence-corrected chi connectivity index (χ4v) is 5.41. The Bertz CT molecular complexity index is 1290. The van der Waals surface area contributed by atoms with Gasteiger partial charge >= 0.3 is 0 Å². The number of carbonyl (C=O) groups is 3. The van der Waals surface area contributed by atoms with Crippen LogP contribution in [0.15, 0.2) is 77.5 Å². The van der Waals surface area contributed by atoms with Crippen molar-refractivity contribution in [3.05, 3.63) is 90.0 Å². The van der Waals surface area contributed by atoms with Gasteiger partial charge in [0.1, 0.15) is 11.8 Å². The van der Waals surface area contributed by atoms with Crippen LogP contribution in [0.3, 0.4) is 0 Å². The highest BCUT2D eigenvalue weighted by atomic mass is 16.5. The van der Waals surface area contributed by atoms with E-state index in [1.165, 1.54) is 11.2 Å². The lowest BCUT2D eigenvalue weighted by molar-refractivity contribution is -0.123. The minimum Gasteiger partial charge on any atom is -0.497 e. The van der Waals surface area contributed by atoms with E-state index in [1.807, 2.05) is 41.4 Å². The monoisotopic (exact) mass is 440 g/mol. The van der Waals surface area contributed by atoms with Crippen LogP contribution in [0.25, 0.3) is 6.08 Å². The summed E-state index contributed by atoms with van der Waals surface area (Å²) < 4.78 is 10.6. The minimum atomic E-state index is -0.838. The van der Waals surface area contributed by atoms with Gasteiger partial charge in [-0.15, -0.1) is 0 Å². The van der Waals surface area contributed by atoms with E-state index in [1.54, 1.807) is 43.5 Å². The zero-order valence-corrected chi connectivity index (χ0v) is 17.8. The number of imide groups is 1. The first-order valence-corrected chi connectivity index (χ1v) is 10.7. The lowest BCUT2D eigenvalue weighted by Gasteiger charge is -2.35. The first-order chi connectivity index (χ1) is 16.1. The Morgan fingerprint density at radius 3 is 2.42 bits per heavy atom. The average Bonchev–Trinajstić information content (AvgIpc) is 3.55. The molecular formula is C26H20N2O5. The van der Waals surface area contributed by atoms with Crippen LogP contribution in [0, 0.1) is 11.8 Å². The van der Waals surface area contributed by atoms with E-state index < -0.39 is 23.9 Å². The van der Waals surface area contributed by atoms with Gasteiger partial charge in [0.15, 0.2) is 5.76 Å². The molecule has 0 radical (unpaired) electrons. The molecule has 2 aromatic carbocycles. The molecule has 3 aliphatic heterocycles. The lowest BCUT2D eigenvalue weighted by atomic mass is 9.84. The van der Waals surface area contributed by atoms with Crippen LogP contribution in [-0.2, 0) is 9.59 Å². The number of anilines is 1. The molecule has 33 heavy (non-hydrogen) atoms. The highest BCUT2D eigenvalue weighted by molar-refractivity contribution is 6.24. The molecule has 0 aliphatic carbocycles. The van der Waals surface area contributed by atoms with E-state index in [0.29, 0.717) is 11.4 Å². The summed E-state index contributed by atoms with van der Waals surface area (Å²) >= 11 is 0. The maximum absolute atomic E-state index is 13.8.